The monoisotopic (exact) mass is 320 g/mol. The first-order valence-corrected chi connectivity index (χ1v) is 8.20. The molecule has 1 fully saturated rings. The van der Waals surface area contributed by atoms with Crippen molar-refractivity contribution >= 4 is 11.8 Å². The molecule has 1 aromatic rings. The summed E-state index contributed by atoms with van der Waals surface area (Å²) in [5.41, 5.74) is -1.38. The lowest BCUT2D eigenvalue weighted by Crippen LogP contribution is -2.52. The van der Waals surface area contributed by atoms with Gasteiger partial charge in [-0.25, -0.2) is 0 Å². The Balaban J connectivity index is 2.19. The molecule has 1 saturated carbocycles. The van der Waals surface area contributed by atoms with Crippen molar-refractivity contribution in [3.05, 3.63) is 35.9 Å². The molecule has 0 aromatic heterocycles. The van der Waals surface area contributed by atoms with Crippen molar-refractivity contribution in [2.24, 2.45) is 5.92 Å². The molecule has 2 rings (SSSR count). The van der Waals surface area contributed by atoms with Gasteiger partial charge >= 0.3 is 5.97 Å². The highest BCUT2D eigenvalue weighted by Crippen LogP contribution is 2.37. The number of hydrogen-bond donors (Lipinski definition) is 2. The fourth-order valence-corrected chi connectivity index (χ4v) is 3.10. The molecular formula is C18H24O5. The van der Waals surface area contributed by atoms with Crippen LogP contribution in [0.4, 0.5) is 0 Å². The van der Waals surface area contributed by atoms with Crippen LogP contribution in [0.2, 0.25) is 0 Å². The van der Waals surface area contributed by atoms with Gasteiger partial charge in [0.1, 0.15) is 5.60 Å². The predicted octanol–water partition coefficient (Wildman–Crippen LogP) is 2.45. The van der Waals surface area contributed by atoms with E-state index in [0.29, 0.717) is 31.2 Å². The minimum atomic E-state index is -1.76. The fourth-order valence-electron chi connectivity index (χ4n) is 3.10. The maximum absolute atomic E-state index is 12.7. The molecule has 1 aliphatic rings. The van der Waals surface area contributed by atoms with Crippen LogP contribution in [0.15, 0.2) is 30.3 Å². The molecule has 0 heterocycles. The highest BCUT2D eigenvalue weighted by molar-refractivity contribution is 6.04. The van der Waals surface area contributed by atoms with E-state index < -0.39 is 29.6 Å². The van der Waals surface area contributed by atoms with Gasteiger partial charge < -0.3 is 14.9 Å². The van der Waals surface area contributed by atoms with Gasteiger partial charge in [-0.3, -0.25) is 9.59 Å². The standard InChI is InChI=1S/C18H24O5/c1-2-8-15(19)23-17(21)14-11-6-7-12-18(14,22)16(20)13-9-4-3-5-10-13/h3-5,9-10,14-15,19,22H,2,6-8,11-12H2,1H3. The normalized spacial score (nSPS) is 25.6. The van der Waals surface area contributed by atoms with Gasteiger partial charge in [0.2, 0.25) is 6.29 Å². The van der Waals surface area contributed by atoms with Crippen molar-refractivity contribution < 1.29 is 24.5 Å². The Labute approximate surface area is 136 Å². The zero-order valence-corrected chi connectivity index (χ0v) is 13.4. The average molecular weight is 320 g/mol. The number of carbonyl (C=O) groups is 2. The summed E-state index contributed by atoms with van der Waals surface area (Å²) in [4.78, 5) is 25.1. The summed E-state index contributed by atoms with van der Waals surface area (Å²) in [7, 11) is 0. The van der Waals surface area contributed by atoms with Crippen molar-refractivity contribution in [1.29, 1.82) is 0 Å². The molecule has 0 saturated heterocycles. The summed E-state index contributed by atoms with van der Waals surface area (Å²) in [6.07, 6.45) is 1.85. The molecule has 0 aliphatic heterocycles. The third-order valence-electron chi connectivity index (χ3n) is 4.38. The minimum absolute atomic E-state index is 0.227. The highest BCUT2D eigenvalue weighted by Gasteiger charge is 2.50. The molecule has 5 heteroatoms. The summed E-state index contributed by atoms with van der Waals surface area (Å²) in [5, 5.41) is 20.6. The molecule has 0 spiro atoms. The topological polar surface area (TPSA) is 83.8 Å². The van der Waals surface area contributed by atoms with E-state index in [1.54, 1.807) is 30.3 Å². The third kappa shape index (κ3) is 3.98. The van der Waals surface area contributed by atoms with Gasteiger partial charge in [-0.15, -0.1) is 0 Å². The predicted molar refractivity (Wildman–Crippen MR) is 84.7 cm³/mol. The van der Waals surface area contributed by atoms with Crippen LogP contribution in [0.1, 0.15) is 55.8 Å². The lowest BCUT2D eigenvalue weighted by molar-refractivity contribution is -0.182. The Morgan fingerprint density at radius 1 is 1.30 bits per heavy atom. The molecular weight excluding hydrogens is 296 g/mol. The second kappa shape index (κ2) is 7.70. The SMILES string of the molecule is CCCC(O)OC(=O)C1CCCCC1(O)C(=O)c1ccccc1. The number of benzene rings is 1. The molecule has 126 valence electrons. The van der Waals surface area contributed by atoms with E-state index >= 15 is 0 Å². The van der Waals surface area contributed by atoms with Gasteiger partial charge in [0.15, 0.2) is 5.78 Å². The van der Waals surface area contributed by atoms with E-state index in [4.69, 9.17) is 4.74 Å². The number of ketones is 1. The van der Waals surface area contributed by atoms with Gasteiger partial charge in [-0.2, -0.15) is 0 Å². The second-order valence-electron chi connectivity index (χ2n) is 6.10. The van der Waals surface area contributed by atoms with Gasteiger partial charge in [0.05, 0.1) is 5.92 Å². The lowest BCUT2D eigenvalue weighted by atomic mass is 9.71. The minimum Gasteiger partial charge on any atom is -0.436 e. The number of rotatable bonds is 6. The third-order valence-corrected chi connectivity index (χ3v) is 4.38. The van der Waals surface area contributed by atoms with Crippen molar-refractivity contribution in [2.45, 2.75) is 57.3 Å². The largest absolute Gasteiger partial charge is 0.436 e. The number of aliphatic hydroxyl groups is 2. The fraction of sp³-hybridized carbons (Fsp3) is 0.556. The van der Waals surface area contributed by atoms with Crippen LogP contribution < -0.4 is 0 Å². The summed E-state index contributed by atoms with van der Waals surface area (Å²) in [5.74, 6) is -2.09. The van der Waals surface area contributed by atoms with Crippen LogP contribution in [-0.2, 0) is 9.53 Å². The Bertz CT molecular complexity index is 542. The van der Waals surface area contributed by atoms with Gasteiger partial charge in [-0.1, -0.05) is 56.5 Å². The number of hydrogen-bond acceptors (Lipinski definition) is 5. The van der Waals surface area contributed by atoms with Crippen molar-refractivity contribution in [2.75, 3.05) is 0 Å². The summed E-state index contributed by atoms with van der Waals surface area (Å²) >= 11 is 0. The number of carbonyl (C=O) groups excluding carboxylic acids is 2. The molecule has 0 bridgehead atoms. The van der Waals surface area contributed by atoms with E-state index in [2.05, 4.69) is 0 Å². The summed E-state index contributed by atoms with van der Waals surface area (Å²) < 4.78 is 5.02. The summed E-state index contributed by atoms with van der Waals surface area (Å²) in [6, 6.07) is 8.48. The van der Waals surface area contributed by atoms with E-state index in [1.165, 1.54) is 0 Å². The molecule has 2 N–H and O–H groups in total. The molecule has 3 atom stereocenters. The zero-order valence-electron chi connectivity index (χ0n) is 13.4. The second-order valence-corrected chi connectivity index (χ2v) is 6.10. The maximum atomic E-state index is 12.7. The van der Waals surface area contributed by atoms with E-state index in [-0.39, 0.29) is 6.42 Å². The molecule has 0 amide bonds. The molecule has 1 aliphatic carbocycles. The number of esters is 1. The van der Waals surface area contributed by atoms with Crippen LogP contribution in [0.5, 0.6) is 0 Å². The smallest absolute Gasteiger partial charge is 0.314 e. The van der Waals surface area contributed by atoms with Crippen molar-refractivity contribution in [3.8, 4) is 0 Å². The van der Waals surface area contributed by atoms with E-state index in [1.807, 2.05) is 6.92 Å². The first-order chi connectivity index (χ1) is 11.0. The quantitative estimate of drug-likeness (QED) is 0.478. The lowest BCUT2D eigenvalue weighted by Gasteiger charge is -2.37. The van der Waals surface area contributed by atoms with Crippen molar-refractivity contribution in [1.82, 2.24) is 0 Å². The molecule has 0 radical (unpaired) electrons. The van der Waals surface area contributed by atoms with Crippen LogP contribution in [-0.4, -0.2) is 33.9 Å². The number of Topliss-reactive ketones (excluding diaryl/α,β-unsaturated/α-hetero) is 1. The van der Waals surface area contributed by atoms with Gasteiger partial charge in [0, 0.05) is 12.0 Å². The van der Waals surface area contributed by atoms with Gasteiger partial charge in [-0.05, 0) is 12.8 Å². The Morgan fingerprint density at radius 2 is 2.00 bits per heavy atom. The number of aliphatic hydroxyl groups excluding tert-OH is 1. The Kier molecular flexibility index (Phi) is 5.91. The van der Waals surface area contributed by atoms with E-state index in [9.17, 15) is 19.8 Å². The van der Waals surface area contributed by atoms with E-state index in [0.717, 1.165) is 6.42 Å². The Morgan fingerprint density at radius 3 is 2.65 bits per heavy atom. The van der Waals surface area contributed by atoms with Crippen LogP contribution in [0.25, 0.3) is 0 Å². The van der Waals surface area contributed by atoms with Gasteiger partial charge in [0.25, 0.3) is 0 Å². The molecule has 3 unspecified atom stereocenters. The highest BCUT2D eigenvalue weighted by atomic mass is 16.6. The Hall–Kier alpha value is -1.72. The van der Waals surface area contributed by atoms with Crippen LogP contribution in [0.3, 0.4) is 0 Å². The molecule has 23 heavy (non-hydrogen) atoms. The maximum Gasteiger partial charge on any atom is 0.314 e. The molecule has 5 nitrogen and oxygen atoms in total. The molecule has 1 aromatic carbocycles. The zero-order chi connectivity index (χ0) is 16.9. The first kappa shape index (κ1) is 17.6. The van der Waals surface area contributed by atoms with Crippen LogP contribution >= 0.6 is 0 Å². The number of ether oxygens (including phenoxy) is 1. The summed E-state index contributed by atoms with van der Waals surface area (Å²) in [6.45, 7) is 1.87. The first-order valence-electron chi connectivity index (χ1n) is 8.20. The average Bonchev–Trinajstić information content (AvgIpc) is 2.55. The van der Waals surface area contributed by atoms with Crippen molar-refractivity contribution in [3.63, 3.8) is 0 Å². The van der Waals surface area contributed by atoms with Crippen LogP contribution in [0, 0.1) is 5.92 Å².